The highest BCUT2D eigenvalue weighted by atomic mass is 79.9. The van der Waals surface area contributed by atoms with E-state index in [4.69, 9.17) is 0 Å². The van der Waals surface area contributed by atoms with Crippen LogP contribution in [0.15, 0.2) is 35.1 Å². The molecule has 20 heavy (non-hydrogen) atoms. The highest BCUT2D eigenvalue weighted by Crippen LogP contribution is 2.29. The number of hydrogen-bond donors (Lipinski definition) is 1. The van der Waals surface area contributed by atoms with E-state index in [9.17, 15) is 0 Å². The van der Waals surface area contributed by atoms with E-state index in [0.717, 1.165) is 29.2 Å². The van der Waals surface area contributed by atoms with Gasteiger partial charge in [-0.3, -0.25) is 0 Å². The van der Waals surface area contributed by atoms with Crippen LogP contribution in [-0.4, -0.2) is 23.6 Å². The number of halogens is 1. The fraction of sp³-hybridized carbons (Fsp3) is 0.333. The molecule has 5 heteroatoms. The lowest BCUT2D eigenvalue weighted by Crippen LogP contribution is -2.19. The molecule has 0 spiro atoms. The molecule has 1 aromatic carbocycles. The predicted octanol–water partition coefficient (Wildman–Crippen LogP) is 3.62. The Morgan fingerprint density at radius 2 is 2.00 bits per heavy atom. The first-order valence-electron chi connectivity index (χ1n) is 6.63. The van der Waals surface area contributed by atoms with Crippen molar-refractivity contribution in [1.82, 2.24) is 9.97 Å². The number of aromatic nitrogens is 2. The van der Waals surface area contributed by atoms with Crippen molar-refractivity contribution in [2.75, 3.05) is 23.8 Å². The normalized spacial score (nSPS) is 10.4. The Bertz CT molecular complexity index is 586. The van der Waals surface area contributed by atoms with Crippen molar-refractivity contribution < 1.29 is 0 Å². The predicted molar refractivity (Wildman–Crippen MR) is 87.2 cm³/mol. The van der Waals surface area contributed by atoms with Crippen LogP contribution in [0.25, 0.3) is 0 Å². The Kier molecular flexibility index (Phi) is 4.95. The molecule has 0 unspecified atom stereocenters. The Labute approximate surface area is 128 Å². The minimum Gasteiger partial charge on any atom is -0.369 e. The first kappa shape index (κ1) is 14.8. The van der Waals surface area contributed by atoms with Crippen molar-refractivity contribution in [3.05, 3.63) is 46.2 Å². The van der Waals surface area contributed by atoms with Crippen molar-refractivity contribution in [3.8, 4) is 0 Å². The van der Waals surface area contributed by atoms with Crippen LogP contribution in [0.2, 0.25) is 0 Å². The Morgan fingerprint density at radius 1 is 1.25 bits per heavy atom. The molecule has 106 valence electrons. The molecule has 0 fully saturated rings. The van der Waals surface area contributed by atoms with E-state index in [1.54, 1.807) is 6.33 Å². The molecule has 1 aromatic heterocycles. The van der Waals surface area contributed by atoms with Crippen LogP contribution in [-0.2, 0) is 6.54 Å². The summed E-state index contributed by atoms with van der Waals surface area (Å²) in [5.41, 5.74) is 2.59. The zero-order valence-electron chi connectivity index (χ0n) is 12.0. The first-order valence-corrected chi connectivity index (χ1v) is 7.42. The van der Waals surface area contributed by atoms with Crippen LogP contribution in [0.1, 0.15) is 18.1 Å². The minimum atomic E-state index is 0.813. The van der Waals surface area contributed by atoms with Crippen LogP contribution >= 0.6 is 15.9 Å². The second-order valence-electron chi connectivity index (χ2n) is 4.67. The summed E-state index contributed by atoms with van der Waals surface area (Å²) in [4.78, 5) is 10.7. The largest absolute Gasteiger partial charge is 0.369 e. The third-order valence-corrected chi connectivity index (χ3v) is 3.88. The maximum atomic E-state index is 4.37. The summed E-state index contributed by atoms with van der Waals surface area (Å²) in [6.07, 6.45) is 1.59. The van der Waals surface area contributed by atoms with Crippen LogP contribution in [0.3, 0.4) is 0 Å². The maximum absolute atomic E-state index is 4.37. The third-order valence-electron chi connectivity index (χ3n) is 3.15. The molecular weight excluding hydrogens is 316 g/mol. The number of nitrogens with one attached hydrogen (secondary N) is 1. The number of anilines is 2. The van der Waals surface area contributed by atoms with Gasteiger partial charge in [0.15, 0.2) is 0 Å². The van der Waals surface area contributed by atoms with Crippen molar-refractivity contribution >= 4 is 27.6 Å². The van der Waals surface area contributed by atoms with Crippen molar-refractivity contribution in [2.45, 2.75) is 20.4 Å². The summed E-state index contributed by atoms with van der Waals surface area (Å²) in [6, 6.07) is 8.40. The van der Waals surface area contributed by atoms with Gasteiger partial charge in [0.25, 0.3) is 0 Å². The van der Waals surface area contributed by atoms with Gasteiger partial charge in [0.2, 0.25) is 0 Å². The van der Waals surface area contributed by atoms with E-state index >= 15 is 0 Å². The lowest BCUT2D eigenvalue weighted by Gasteiger charge is -2.21. The SMILES string of the molecule is CCNc1ncnc(N(C)Cc2ccccc2C)c1Br. The van der Waals surface area contributed by atoms with Gasteiger partial charge in [-0.05, 0) is 40.9 Å². The smallest absolute Gasteiger partial charge is 0.148 e. The summed E-state index contributed by atoms with van der Waals surface area (Å²) < 4.78 is 0.901. The summed E-state index contributed by atoms with van der Waals surface area (Å²) >= 11 is 3.59. The second-order valence-corrected chi connectivity index (χ2v) is 5.47. The highest BCUT2D eigenvalue weighted by molar-refractivity contribution is 9.10. The summed E-state index contributed by atoms with van der Waals surface area (Å²) in [6.45, 7) is 5.82. The van der Waals surface area contributed by atoms with E-state index in [1.807, 2.05) is 14.0 Å². The standard InChI is InChI=1S/C15H19BrN4/c1-4-17-14-13(16)15(19-10-18-14)20(3)9-12-8-6-5-7-11(12)2/h5-8,10H,4,9H2,1-3H3,(H,17,18,19). The van der Waals surface area contributed by atoms with Gasteiger partial charge in [-0.25, -0.2) is 9.97 Å². The van der Waals surface area contributed by atoms with Gasteiger partial charge in [0, 0.05) is 20.1 Å². The molecule has 0 saturated heterocycles. The van der Waals surface area contributed by atoms with Crippen LogP contribution in [0.4, 0.5) is 11.6 Å². The van der Waals surface area contributed by atoms with Crippen molar-refractivity contribution in [1.29, 1.82) is 0 Å². The van der Waals surface area contributed by atoms with E-state index in [0.29, 0.717) is 0 Å². The van der Waals surface area contributed by atoms with Gasteiger partial charge >= 0.3 is 0 Å². The number of hydrogen-bond acceptors (Lipinski definition) is 4. The molecule has 0 radical (unpaired) electrons. The Hall–Kier alpha value is -1.62. The van der Waals surface area contributed by atoms with Gasteiger partial charge in [0.1, 0.15) is 22.4 Å². The quantitative estimate of drug-likeness (QED) is 0.906. The van der Waals surface area contributed by atoms with Gasteiger partial charge in [-0.1, -0.05) is 24.3 Å². The number of rotatable bonds is 5. The molecule has 1 N–H and O–H groups in total. The van der Waals surface area contributed by atoms with E-state index in [-0.39, 0.29) is 0 Å². The molecule has 2 rings (SSSR count). The first-order chi connectivity index (χ1) is 9.63. The van der Waals surface area contributed by atoms with Gasteiger partial charge in [-0.15, -0.1) is 0 Å². The Balaban J connectivity index is 2.23. The number of nitrogens with zero attached hydrogens (tertiary/aromatic N) is 3. The topological polar surface area (TPSA) is 41.1 Å². The van der Waals surface area contributed by atoms with Crippen LogP contribution in [0.5, 0.6) is 0 Å². The van der Waals surface area contributed by atoms with Gasteiger partial charge in [0.05, 0.1) is 0 Å². The molecule has 0 bridgehead atoms. The maximum Gasteiger partial charge on any atom is 0.148 e. The summed E-state index contributed by atoms with van der Waals surface area (Å²) in [5.74, 6) is 1.72. The van der Waals surface area contributed by atoms with Crippen LogP contribution in [0, 0.1) is 6.92 Å². The van der Waals surface area contributed by atoms with Crippen LogP contribution < -0.4 is 10.2 Å². The lowest BCUT2D eigenvalue weighted by atomic mass is 10.1. The van der Waals surface area contributed by atoms with E-state index < -0.39 is 0 Å². The molecule has 0 aliphatic carbocycles. The van der Waals surface area contributed by atoms with Crippen molar-refractivity contribution in [2.24, 2.45) is 0 Å². The molecule has 0 atom stereocenters. The molecule has 1 heterocycles. The fourth-order valence-electron chi connectivity index (χ4n) is 2.04. The van der Waals surface area contributed by atoms with E-state index in [2.05, 4.69) is 67.3 Å². The zero-order valence-corrected chi connectivity index (χ0v) is 13.6. The summed E-state index contributed by atoms with van der Waals surface area (Å²) in [7, 11) is 2.04. The van der Waals surface area contributed by atoms with Gasteiger partial charge < -0.3 is 10.2 Å². The van der Waals surface area contributed by atoms with Crippen molar-refractivity contribution in [3.63, 3.8) is 0 Å². The lowest BCUT2D eigenvalue weighted by molar-refractivity contribution is 0.879. The molecule has 4 nitrogen and oxygen atoms in total. The third kappa shape index (κ3) is 3.28. The molecule has 0 amide bonds. The molecule has 0 aliphatic heterocycles. The molecular formula is C15H19BrN4. The second kappa shape index (κ2) is 6.70. The highest BCUT2D eigenvalue weighted by Gasteiger charge is 2.13. The average Bonchev–Trinajstić information content (AvgIpc) is 2.44. The number of aryl methyl sites for hydroxylation is 1. The average molecular weight is 335 g/mol. The fourth-order valence-corrected chi connectivity index (χ4v) is 2.68. The summed E-state index contributed by atoms with van der Waals surface area (Å²) in [5, 5.41) is 3.22. The molecule has 0 saturated carbocycles. The van der Waals surface area contributed by atoms with Gasteiger partial charge in [-0.2, -0.15) is 0 Å². The molecule has 0 aliphatic rings. The molecule has 2 aromatic rings. The van der Waals surface area contributed by atoms with E-state index in [1.165, 1.54) is 11.1 Å². The number of benzene rings is 1. The Morgan fingerprint density at radius 3 is 2.70 bits per heavy atom. The minimum absolute atomic E-state index is 0.813. The monoisotopic (exact) mass is 334 g/mol. The zero-order chi connectivity index (χ0) is 14.5.